The number of aliphatic hydroxyl groups excluding tert-OH is 1. The van der Waals surface area contributed by atoms with Crippen molar-refractivity contribution < 1.29 is 5.11 Å². The lowest BCUT2D eigenvalue weighted by Crippen LogP contribution is -2.21. The van der Waals surface area contributed by atoms with E-state index in [4.69, 9.17) is 0 Å². The van der Waals surface area contributed by atoms with Gasteiger partial charge in [0.2, 0.25) is 0 Å². The Labute approximate surface area is 78.1 Å². The molecular formula is C11H13NO. The van der Waals surface area contributed by atoms with Gasteiger partial charge in [0.25, 0.3) is 0 Å². The normalized spacial score (nSPS) is 21.5. The van der Waals surface area contributed by atoms with Crippen molar-refractivity contribution in [2.45, 2.75) is 12.8 Å². The maximum absolute atomic E-state index is 9.85. The minimum absolute atomic E-state index is 0.450. The highest BCUT2D eigenvalue weighted by molar-refractivity contribution is 5.32. The van der Waals surface area contributed by atoms with E-state index in [1.807, 2.05) is 29.2 Å². The monoisotopic (exact) mass is 175 g/mol. The summed E-state index contributed by atoms with van der Waals surface area (Å²) < 4.78 is 0. The highest BCUT2D eigenvalue weighted by Crippen LogP contribution is 2.30. The van der Waals surface area contributed by atoms with Crippen LogP contribution < -0.4 is 0 Å². The van der Waals surface area contributed by atoms with Gasteiger partial charge in [-0.15, -0.1) is 6.58 Å². The van der Waals surface area contributed by atoms with Crippen molar-refractivity contribution in [1.82, 2.24) is 4.90 Å². The van der Waals surface area contributed by atoms with Crippen molar-refractivity contribution in [2.75, 3.05) is 6.54 Å². The number of hydrogen-bond acceptors (Lipinski definition) is 2. The lowest BCUT2D eigenvalue weighted by molar-refractivity contribution is 0.0224. The molecular weight excluding hydrogens is 162 g/mol. The third-order valence-corrected chi connectivity index (χ3v) is 2.42. The van der Waals surface area contributed by atoms with Gasteiger partial charge in [0.05, 0.1) is 0 Å². The van der Waals surface area contributed by atoms with Gasteiger partial charge >= 0.3 is 0 Å². The van der Waals surface area contributed by atoms with Crippen LogP contribution in [-0.4, -0.2) is 16.6 Å². The fourth-order valence-electron chi connectivity index (χ4n) is 1.76. The third kappa shape index (κ3) is 1.39. The summed E-state index contributed by atoms with van der Waals surface area (Å²) in [5, 5.41) is 9.85. The van der Waals surface area contributed by atoms with Gasteiger partial charge in [-0.2, -0.15) is 0 Å². The fourth-order valence-corrected chi connectivity index (χ4v) is 1.76. The molecule has 1 N–H and O–H groups in total. The summed E-state index contributed by atoms with van der Waals surface area (Å²) >= 11 is 0. The molecule has 0 spiro atoms. The van der Waals surface area contributed by atoms with Gasteiger partial charge in [-0.25, -0.2) is 0 Å². The smallest absolute Gasteiger partial charge is 0.134 e. The first-order valence-electron chi connectivity index (χ1n) is 4.43. The van der Waals surface area contributed by atoms with Crippen molar-refractivity contribution in [3.8, 4) is 0 Å². The van der Waals surface area contributed by atoms with Crippen molar-refractivity contribution in [2.24, 2.45) is 0 Å². The van der Waals surface area contributed by atoms with Gasteiger partial charge in [-0.3, -0.25) is 4.90 Å². The van der Waals surface area contributed by atoms with Crippen LogP contribution in [0.25, 0.3) is 0 Å². The summed E-state index contributed by atoms with van der Waals surface area (Å²) in [6, 6.07) is 7.99. The minimum atomic E-state index is -0.450. The van der Waals surface area contributed by atoms with E-state index in [9.17, 15) is 5.11 Å². The second-order valence-electron chi connectivity index (χ2n) is 3.29. The van der Waals surface area contributed by atoms with Gasteiger partial charge < -0.3 is 5.11 Å². The molecule has 0 amide bonds. The molecule has 0 saturated heterocycles. The zero-order valence-electron chi connectivity index (χ0n) is 7.48. The van der Waals surface area contributed by atoms with Crippen LogP contribution in [0.15, 0.2) is 36.9 Å². The Morgan fingerprint density at radius 2 is 2.31 bits per heavy atom. The zero-order chi connectivity index (χ0) is 9.26. The third-order valence-electron chi connectivity index (χ3n) is 2.42. The Bertz CT molecular complexity index is 322. The second kappa shape index (κ2) is 3.32. The molecule has 1 unspecified atom stereocenters. The number of rotatable bonds is 2. The molecule has 13 heavy (non-hydrogen) atoms. The summed E-state index contributed by atoms with van der Waals surface area (Å²) in [5.41, 5.74) is 2.25. The van der Waals surface area contributed by atoms with Crippen molar-refractivity contribution in [1.29, 1.82) is 0 Å². The van der Waals surface area contributed by atoms with Gasteiger partial charge in [-0.05, 0) is 11.1 Å². The molecule has 0 aliphatic carbocycles. The van der Waals surface area contributed by atoms with Gasteiger partial charge in [-0.1, -0.05) is 30.3 Å². The van der Waals surface area contributed by atoms with E-state index >= 15 is 0 Å². The Morgan fingerprint density at radius 3 is 3.00 bits per heavy atom. The molecule has 2 heteroatoms. The van der Waals surface area contributed by atoms with Crippen molar-refractivity contribution >= 4 is 0 Å². The van der Waals surface area contributed by atoms with Crippen LogP contribution in [-0.2, 0) is 6.54 Å². The maximum atomic E-state index is 9.85. The average molecular weight is 175 g/mol. The largest absolute Gasteiger partial charge is 0.374 e. The first-order valence-corrected chi connectivity index (χ1v) is 4.43. The number of hydrogen-bond donors (Lipinski definition) is 1. The molecule has 1 atom stereocenters. The van der Waals surface area contributed by atoms with Crippen LogP contribution in [0, 0.1) is 0 Å². The number of aliphatic hydroxyl groups is 1. The molecule has 0 bridgehead atoms. The summed E-state index contributed by atoms with van der Waals surface area (Å²) in [6.45, 7) is 5.22. The predicted molar refractivity (Wildman–Crippen MR) is 52.0 cm³/mol. The molecule has 1 aromatic rings. The SMILES string of the molecule is C=CCN1Cc2ccccc2C1O. The van der Waals surface area contributed by atoms with Crippen LogP contribution in [0.1, 0.15) is 17.4 Å². The van der Waals surface area contributed by atoms with E-state index in [2.05, 4.69) is 12.6 Å². The highest BCUT2D eigenvalue weighted by atomic mass is 16.3. The molecule has 1 aromatic carbocycles. The highest BCUT2D eigenvalue weighted by Gasteiger charge is 2.26. The summed E-state index contributed by atoms with van der Waals surface area (Å²) in [4.78, 5) is 1.98. The summed E-state index contributed by atoms with van der Waals surface area (Å²) in [7, 11) is 0. The van der Waals surface area contributed by atoms with Crippen LogP contribution in [0.5, 0.6) is 0 Å². The van der Waals surface area contributed by atoms with E-state index in [1.165, 1.54) is 5.56 Å². The van der Waals surface area contributed by atoms with Crippen LogP contribution >= 0.6 is 0 Å². The summed E-state index contributed by atoms with van der Waals surface area (Å²) in [6.07, 6.45) is 1.36. The Hall–Kier alpha value is -1.12. The average Bonchev–Trinajstić information content (AvgIpc) is 2.46. The molecule has 0 radical (unpaired) electrons. The Kier molecular flexibility index (Phi) is 2.17. The van der Waals surface area contributed by atoms with Crippen LogP contribution in [0.4, 0.5) is 0 Å². The van der Waals surface area contributed by atoms with E-state index in [-0.39, 0.29) is 0 Å². The molecule has 1 heterocycles. The predicted octanol–water partition coefficient (Wildman–Crippen LogP) is 1.68. The van der Waals surface area contributed by atoms with Gasteiger partial charge in [0.15, 0.2) is 0 Å². The van der Waals surface area contributed by atoms with Gasteiger partial charge in [0, 0.05) is 13.1 Å². The first kappa shape index (κ1) is 8.48. The lowest BCUT2D eigenvalue weighted by atomic mass is 10.1. The molecule has 1 aliphatic heterocycles. The van der Waals surface area contributed by atoms with E-state index in [1.54, 1.807) is 0 Å². The van der Waals surface area contributed by atoms with E-state index in [0.717, 1.165) is 18.7 Å². The van der Waals surface area contributed by atoms with Crippen LogP contribution in [0.2, 0.25) is 0 Å². The number of nitrogens with zero attached hydrogens (tertiary/aromatic N) is 1. The molecule has 0 aromatic heterocycles. The molecule has 68 valence electrons. The zero-order valence-corrected chi connectivity index (χ0v) is 7.48. The molecule has 1 aliphatic rings. The fraction of sp³-hybridized carbons (Fsp3) is 0.273. The van der Waals surface area contributed by atoms with Crippen LogP contribution in [0.3, 0.4) is 0 Å². The minimum Gasteiger partial charge on any atom is -0.374 e. The molecule has 2 nitrogen and oxygen atoms in total. The Balaban J connectivity index is 2.27. The molecule has 0 fully saturated rings. The second-order valence-corrected chi connectivity index (χ2v) is 3.29. The molecule has 2 rings (SSSR count). The quantitative estimate of drug-likeness (QED) is 0.691. The van der Waals surface area contributed by atoms with Crippen molar-refractivity contribution in [3.05, 3.63) is 48.0 Å². The lowest BCUT2D eigenvalue weighted by Gasteiger charge is -2.17. The molecule has 0 saturated carbocycles. The van der Waals surface area contributed by atoms with E-state index < -0.39 is 6.23 Å². The summed E-state index contributed by atoms with van der Waals surface area (Å²) in [5.74, 6) is 0. The topological polar surface area (TPSA) is 23.5 Å². The number of benzene rings is 1. The maximum Gasteiger partial charge on any atom is 0.134 e. The van der Waals surface area contributed by atoms with Gasteiger partial charge in [0.1, 0.15) is 6.23 Å². The number of fused-ring (bicyclic) bond motifs is 1. The van der Waals surface area contributed by atoms with E-state index in [0.29, 0.717) is 0 Å². The standard InChI is InChI=1S/C11H13NO/c1-2-7-12-8-9-5-3-4-6-10(9)11(12)13/h2-6,11,13H,1,7-8H2. The van der Waals surface area contributed by atoms with Crippen molar-refractivity contribution in [3.63, 3.8) is 0 Å². The first-order chi connectivity index (χ1) is 6.33. The Morgan fingerprint density at radius 1 is 1.54 bits per heavy atom.